The van der Waals surface area contributed by atoms with Gasteiger partial charge < -0.3 is 10.6 Å². The summed E-state index contributed by atoms with van der Waals surface area (Å²) in [6, 6.07) is 0.537. The Labute approximate surface area is 141 Å². The molecule has 4 nitrogen and oxygen atoms in total. The van der Waals surface area contributed by atoms with Gasteiger partial charge in [-0.2, -0.15) is 11.8 Å². The summed E-state index contributed by atoms with van der Waals surface area (Å²) in [5.74, 6) is 3.06. The van der Waals surface area contributed by atoms with Crippen LogP contribution in [0.25, 0.3) is 0 Å². The minimum Gasteiger partial charge on any atom is -0.357 e. The first-order valence-electron chi connectivity index (χ1n) is 8.92. The number of hydrogen-bond acceptors (Lipinski definition) is 3. The Morgan fingerprint density at radius 2 is 2.18 bits per heavy atom. The van der Waals surface area contributed by atoms with Crippen LogP contribution in [0.1, 0.15) is 46.5 Å². The molecular formula is C17H36N4S. The van der Waals surface area contributed by atoms with Crippen LogP contribution in [0, 0.1) is 5.92 Å². The van der Waals surface area contributed by atoms with E-state index >= 15 is 0 Å². The van der Waals surface area contributed by atoms with Gasteiger partial charge in [-0.05, 0) is 64.0 Å². The van der Waals surface area contributed by atoms with Crippen LogP contribution in [-0.2, 0) is 0 Å². The molecule has 0 radical (unpaired) electrons. The number of nitrogens with zero attached hydrogens (tertiary/aromatic N) is 2. The summed E-state index contributed by atoms with van der Waals surface area (Å²) >= 11 is 1.92. The molecular weight excluding hydrogens is 292 g/mol. The third kappa shape index (κ3) is 8.28. The number of piperidine rings is 1. The lowest BCUT2D eigenvalue weighted by Gasteiger charge is -2.35. The van der Waals surface area contributed by atoms with E-state index in [-0.39, 0.29) is 0 Å². The first-order chi connectivity index (χ1) is 10.7. The number of guanidine groups is 1. The van der Waals surface area contributed by atoms with Crippen LogP contribution in [0.2, 0.25) is 0 Å². The quantitative estimate of drug-likeness (QED) is 0.388. The summed E-state index contributed by atoms with van der Waals surface area (Å²) in [5.41, 5.74) is 0. The number of likely N-dealkylation sites (tertiary alicyclic amines) is 1. The van der Waals surface area contributed by atoms with Crippen molar-refractivity contribution in [3.63, 3.8) is 0 Å². The lowest BCUT2D eigenvalue weighted by molar-refractivity contribution is 0.142. The van der Waals surface area contributed by atoms with Gasteiger partial charge in [0.1, 0.15) is 0 Å². The fourth-order valence-corrected chi connectivity index (χ4v) is 3.38. The lowest BCUT2D eigenvalue weighted by atomic mass is 9.99. The van der Waals surface area contributed by atoms with E-state index in [9.17, 15) is 0 Å². The molecule has 1 saturated heterocycles. The Kier molecular flexibility index (Phi) is 10.8. The molecule has 0 aliphatic carbocycles. The Morgan fingerprint density at radius 1 is 1.36 bits per heavy atom. The van der Waals surface area contributed by atoms with E-state index in [1.54, 1.807) is 0 Å². The Balaban J connectivity index is 2.33. The highest BCUT2D eigenvalue weighted by atomic mass is 32.2. The van der Waals surface area contributed by atoms with Gasteiger partial charge in [0.2, 0.25) is 0 Å². The van der Waals surface area contributed by atoms with Gasteiger partial charge in [-0.3, -0.25) is 9.89 Å². The molecule has 130 valence electrons. The van der Waals surface area contributed by atoms with Gasteiger partial charge in [0.25, 0.3) is 0 Å². The number of nitrogens with one attached hydrogen (secondary N) is 2. The number of aliphatic imine (C=N–C) groups is 1. The van der Waals surface area contributed by atoms with Gasteiger partial charge in [-0.15, -0.1) is 0 Å². The fraction of sp³-hybridized carbons (Fsp3) is 0.941. The van der Waals surface area contributed by atoms with Crippen LogP contribution < -0.4 is 10.6 Å². The van der Waals surface area contributed by atoms with E-state index in [1.165, 1.54) is 44.5 Å². The second-order valence-corrected chi connectivity index (χ2v) is 7.42. The highest BCUT2D eigenvalue weighted by molar-refractivity contribution is 7.98. The topological polar surface area (TPSA) is 39.7 Å². The van der Waals surface area contributed by atoms with Crippen LogP contribution in [0.3, 0.4) is 0 Å². The number of rotatable bonds is 9. The van der Waals surface area contributed by atoms with Gasteiger partial charge in [0, 0.05) is 25.7 Å². The molecule has 2 unspecified atom stereocenters. The Hall–Kier alpha value is -0.420. The van der Waals surface area contributed by atoms with Crippen molar-refractivity contribution in [1.29, 1.82) is 0 Å². The molecule has 2 atom stereocenters. The van der Waals surface area contributed by atoms with Crippen molar-refractivity contribution >= 4 is 17.7 Å². The largest absolute Gasteiger partial charge is 0.357 e. The first-order valence-corrected chi connectivity index (χ1v) is 10.3. The molecule has 0 saturated carbocycles. The Morgan fingerprint density at radius 3 is 2.86 bits per heavy atom. The van der Waals surface area contributed by atoms with E-state index in [0.717, 1.165) is 31.5 Å². The van der Waals surface area contributed by atoms with E-state index in [1.807, 2.05) is 11.8 Å². The second-order valence-electron chi connectivity index (χ2n) is 6.44. The number of thioether (sulfide) groups is 1. The highest BCUT2D eigenvalue weighted by Crippen LogP contribution is 2.17. The van der Waals surface area contributed by atoms with Gasteiger partial charge in [0.05, 0.1) is 6.54 Å². The molecule has 1 aliphatic heterocycles. The van der Waals surface area contributed by atoms with Crippen molar-refractivity contribution in [2.45, 2.75) is 52.5 Å². The zero-order chi connectivity index (χ0) is 16.2. The standard InChI is InChI=1S/C17H36N4S/c1-5-18-17(19-10-6-7-12-22-4)20-13-16(3)21-11-8-9-15(2)14-21/h15-16H,5-14H2,1-4H3,(H2,18,19,20). The summed E-state index contributed by atoms with van der Waals surface area (Å²) in [5, 5.41) is 6.81. The minimum absolute atomic E-state index is 0.537. The van der Waals surface area contributed by atoms with Crippen molar-refractivity contribution < 1.29 is 0 Å². The van der Waals surface area contributed by atoms with Crippen LogP contribution >= 0.6 is 11.8 Å². The summed E-state index contributed by atoms with van der Waals surface area (Å²) in [7, 11) is 0. The molecule has 0 aromatic carbocycles. The lowest BCUT2D eigenvalue weighted by Crippen LogP contribution is -2.43. The van der Waals surface area contributed by atoms with Crippen molar-refractivity contribution in [3.8, 4) is 0 Å². The number of hydrogen-bond donors (Lipinski definition) is 2. The van der Waals surface area contributed by atoms with E-state index in [2.05, 4.69) is 42.6 Å². The zero-order valence-electron chi connectivity index (χ0n) is 15.0. The molecule has 0 aromatic heterocycles. The van der Waals surface area contributed by atoms with Gasteiger partial charge in [0.15, 0.2) is 5.96 Å². The van der Waals surface area contributed by atoms with Crippen molar-refractivity contribution in [3.05, 3.63) is 0 Å². The predicted molar refractivity (Wildman–Crippen MR) is 101 cm³/mol. The molecule has 0 spiro atoms. The summed E-state index contributed by atoms with van der Waals surface area (Å²) in [6.45, 7) is 12.1. The molecule has 0 bridgehead atoms. The van der Waals surface area contributed by atoms with Crippen LogP contribution in [-0.4, -0.2) is 61.6 Å². The molecule has 2 N–H and O–H groups in total. The maximum absolute atomic E-state index is 4.78. The average molecular weight is 329 g/mol. The van der Waals surface area contributed by atoms with Crippen molar-refractivity contribution in [2.24, 2.45) is 10.9 Å². The van der Waals surface area contributed by atoms with Crippen LogP contribution in [0.4, 0.5) is 0 Å². The molecule has 1 fully saturated rings. The Bertz CT molecular complexity index is 309. The highest BCUT2D eigenvalue weighted by Gasteiger charge is 2.20. The summed E-state index contributed by atoms with van der Waals surface area (Å²) < 4.78 is 0. The molecule has 1 rings (SSSR count). The van der Waals surface area contributed by atoms with Gasteiger partial charge >= 0.3 is 0 Å². The zero-order valence-corrected chi connectivity index (χ0v) is 15.8. The normalized spacial score (nSPS) is 21.6. The van der Waals surface area contributed by atoms with Crippen LogP contribution in [0.15, 0.2) is 4.99 Å². The van der Waals surface area contributed by atoms with Crippen molar-refractivity contribution in [2.75, 3.05) is 44.7 Å². The van der Waals surface area contributed by atoms with E-state index in [0.29, 0.717) is 6.04 Å². The third-order valence-corrected chi connectivity index (χ3v) is 4.93. The van der Waals surface area contributed by atoms with Crippen LogP contribution in [0.5, 0.6) is 0 Å². The van der Waals surface area contributed by atoms with Gasteiger partial charge in [-0.1, -0.05) is 6.92 Å². The number of unbranched alkanes of at least 4 members (excludes halogenated alkanes) is 1. The maximum Gasteiger partial charge on any atom is 0.191 e. The van der Waals surface area contributed by atoms with E-state index < -0.39 is 0 Å². The monoisotopic (exact) mass is 328 g/mol. The molecule has 0 amide bonds. The summed E-state index contributed by atoms with van der Waals surface area (Å²) in [6.07, 6.45) is 7.37. The smallest absolute Gasteiger partial charge is 0.191 e. The molecule has 22 heavy (non-hydrogen) atoms. The predicted octanol–water partition coefficient (Wildman–Crippen LogP) is 2.81. The first kappa shape index (κ1) is 19.6. The third-order valence-electron chi connectivity index (χ3n) is 4.24. The molecule has 0 aromatic rings. The molecule has 1 heterocycles. The van der Waals surface area contributed by atoms with Gasteiger partial charge in [-0.25, -0.2) is 0 Å². The maximum atomic E-state index is 4.78. The van der Waals surface area contributed by atoms with E-state index in [4.69, 9.17) is 4.99 Å². The average Bonchev–Trinajstić information content (AvgIpc) is 2.52. The van der Waals surface area contributed by atoms with Crippen molar-refractivity contribution in [1.82, 2.24) is 15.5 Å². The SMILES string of the molecule is CCNC(=NCC(C)N1CCCC(C)C1)NCCCCSC. The summed E-state index contributed by atoms with van der Waals surface area (Å²) in [4.78, 5) is 7.38. The second kappa shape index (κ2) is 12.1. The fourth-order valence-electron chi connectivity index (χ4n) is 2.88. The minimum atomic E-state index is 0.537. The molecule has 1 aliphatic rings. The molecule has 5 heteroatoms.